The van der Waals surface area contributed by atoms with Crippen molar-refractivity contribution in [3.8, 4) is 11.5 Å². The summed E-state index contributed by atoms with van der Waals surface area (Å²) in [5.74, 6) is -1.30. The molecule has 0 heterocycles. The molecule has 2 aromatic carbocycles. The largest absolute Gasteiger partial charge is 0.504 e. The maximum absolute atomic E-state index is 12.7. The standard InChI is InChI=1S/C17H15FO4/c18-14-5-1-12(2-6-14)9-10-22-17(21)8-4-13-3-7-15(19)16(20)11-13/h1-8,11,19-20H,9-10H2/b8-4+. The highest BCUT2D eigenvalue weighted by atomic mass is 19.1. The smallest absolute Gasteiger partial charge is 0.330 e. The van der Waals surface area contributed by atoms with Crippen LogP contribution in [0.2, 0.25) is 0 Å². The minimum absolute atomic E-state index is 0.190. The minimum Gasteiger partial charge on any atom is -0.504 e. The number of carbonyl (C=O) groups is 1. The number of benzene rings is 2. The van der Waals surface area contributed by atoms with Gasteiger partial charge >= 0.3 is 5.97 Å². The summed E-state index contributed by atoms with van der Waals surface area (Å²) in [6.07, 6.45) is 3.20. The molecule has 0 atom stereocenters. The van der Waals surface area contributed by atoms with Crippen molar-refractivity contribution in [3.63, 3.8) is 0 Å². The van der Waals surface area contributed by atoms with Gasteiger partial charge in [-0.3, -0.25) is 0 Å². The Morgan fingerprint density at radius 3 is 2.50 bits per heavy atom. The van der Waals surface area contributed by atoms with Gasteiger partial charge in [-0.2, -0.15) is 0 Å². The van der Waals surface area contributed by atoms with Gasteiger partial charge in [-0.15, -0.1) is 0 Å². The van der Waals surface area contributed by atoms with Gasteiger partial charge in [0, 0.05) is 12.5 Å². The van der Waals surface area contributed by atoms with E-state index in [4.69, 9.17) is 4.74 Å². The number of phenols is 2. The summed E-state index contributed by atoms with van der Waals surface area (Å²) >= 11 is 0. The third kappa shape index (κ3) is 4.63. The van der Waals surface area contributed by atoms with E-state index in [0.29, 0.717) is 12.0 Å². The number of aromatic hydroxyl groups is 2. The average Bonchev–Trinajstić information content (AvgIpc) is 2.50. The molecular weight excluding hydrogens is 287 g/mol. The van der Waals surface area contributed by atoms with Crippen molar-refractivity contribution in [3.05, 3.63) is 65.5 Å². The van der Waals surface area contributed by atoms with E-state index in [9.17, 15) is 19.4 Å². The molecule has 0 amide bonds. The van der Waals surface area contributed by atoms with Crippen LogP contribution in [0.1, 0.15) is 11.1 Å². The number of ether oxygens (including phenoxy) is 1. The van der Waals surface area contributed by atoms with Gasteiger partial charge in [-0.25, -0.2) is 9.18 Å². The quantitative estimate of drug-likeness (QED) is 0.506. The molecule has 22 heavy (non-hydrogen) atoms. The number of hydrogen-bond acceptors (Lipinski definition) is 4. The Kier molecular flexibility index (Phi) is 5.14. The highest BCUT2D eigenvalue weighted by molar-refractivity contribution is 5.87. The van der Waals surface area contributed by atoms with Gasteiger partial charge < -0.3 is 14.9 Å². The molecule has 0 bridgehead atoms. The Hall–Kier alpha value is -2.82. The maximum Gasteiger partial charge on any atom is 0.330 e. The number of rotatable bonds is 5. The molecule has 0 unspecified atom stereocenters. The lowest BCUT2D eigenvalue weighted by Gasteiger charge is -2.02. The molecule has 2 N–H and O–H groups in total. The molecule has 2 rings (SSSR count). The van der Waals surface area contributed by atoms with E-state index in [1.165, 1.54) is 36.4 Å². The molecule has 0 spiro atoms. The van der Waals surface area contributed by atoms with E-state index in [2.05, 4.69) is 0 Å². The number of esters is 1. The topological polar surface area (TPSA) is 66.8 Å². The van der Waals surface area contributed by atoms with Gasteiger partial charge in [-0.05, 0) is 41.5 Å². The molecule has 0 aliphatic rings. The lowest BCUT2D eigenvalue weighted by atomic mass is 10.1. The first kappa shape index (κ1) is 15.6. The van der Waals surface area contributed by atoms with Crippen molar-refractivity contribution in [2.45, 2.75) is 6.42 Å². The zero-order valence-electron chi connectivity index (χ0n) is 11.7. The van der Waals surface area contributed by atoms with Crippen LogP contribution in [-0.4, -0.2) is 22.8 Å². The Balaban J connectivity index is 1.81. The zero-order chi connectivity index (χ0) is 15.9. The van der Waals surface area contributed by atoms with E-state index >= 15 is 0 Å². The molecule has 0 aromatic heterocycles. The van der Waals surface area contributed by atoms with Crippen molar-refractivity contribution < 1.29 is 24.1 Å². The molecule has 5 heteroatoms. The fourth-order valence-electron chi connectivity index (χ4n) is 1.78. The molecule has 0 saturated heterocycles. The number of hydrogen-bond donors (Lipinski definition) is 2. The molecule has 4 nitrogen and oxygen atoms in total. The molecule has 114 valence electrons. The Labute approximate surface area is 127 Å². The molecule has 2 aromatic rings. The van der Waals surface area contributed by atoms with Gasteiger partial charge in [0.1, 0.15) is 5.82 Å². The van der Waals surface area contributed by atoms with Gasteiger partial charge in [0.25, 0.3) is 0 Å². The third-order valence-corrected chi connectivity index (χ3v) is 2.96. The SMILES string of the molecule is O=C(/C=C/c1ccc(O)c(O)c1)OCCc1ccc(F)cc1. The van der Waals surface area contributed by atoms with Crippen LogP contribution in [0, 0.1) is 5.82 Å². The van der Waals surface area contributed by atoms with E-state index < -0.39 is 5.97 Å². The maximum atomic E-state index is 12.7. The van der Waals surface area contributed by atoms with E-state index in [1.807, 2.05) is 0 Å². The van der Waals surface area contributed by atoms with Crippen LogP contribution < -0.4 is 0 Å². The predicted molar refractivity (Wildman–Crippen MR) is 79.9 cm³/mol. The highest BCUT2D eigenvalue weighted by Crippen LogP contribution is 2.25. The minimum atomic E-state index is -0.519. The zero-order valence-corrected chi connectivity index (χ0v) is 11.7. The summed E-state index contributed by atoms with van der Waals surface area (Å²) in [6, 6.07) is 10.2. The summed E-state index contributed by atoms with van der Waals surface area (Å²) in [6.45, 7) is 0.190. The molecule has 0 aliphatic heterocycles. The molecule has 0 aliphatic carbocycles. The van der Waals surface area contributed by atoms with E-state index in [0.717, 1.165) is 5.56 Å². The summed E-state index contributed by atoms with van der Waals surface area (Å²) < 4.78 is 17.7. The molecule has 0 radical (unpaired) electrons. The van der Waals surface area contributed by atoms with Crippen LogP contribution in [0.5, 0.6) is 11.5 Å². The summed E-state index contributed by atoms with van der Waals surface area (Å²) in [7, 11) is 0. The second-order valence-electron chi connectivity index (χ2n) is 4.63. The Morgan fingerprint density at radius 1 is 1.09 bits per heavy atom. The first-order valence-corrected chi connectivity index (χ1v) is 6.66. The van der Waals surface area contributed by atoms with Crippen LogP contribution in [0.3, 0.4) is 0 Å². The fraction of sp³-hybridized carbons (Fsp3) is 0.118. The summed E-state index contributed by atoms with van der Waals surface area (Å²) in [5.41, 5.74) is 1.44. The van der Waals surface area contributed by atoms with Gasteiger partial charge in [0.15, 0.2) is 11.5 Å². The lowest BCUT2D eigenvalue weighted by molar-refractivity contribution is -0.137. The first-order chi connectivity index (χ1) is 10.5. The molecule has 0 saturated carbocycles. The van der Waals surface area contributed by atoms with Crippen LogP contribution in [0.4, 0.5) is 4.39 Å². The first-order valence-electron chi connectivity index (χ1n) is 6.66. The molecular formula is C17H15FO4. The van der Waals surface area contributed by atoms with Crippen molar-refractivity contribution in [2.24, 2.45) is 0 Å². The second kappa shape index (κ2) is 7.26. The predicted octanol–water partition coefficient (Wildman–Crippen LogP) is 3.04. The van der Waals surface area contributed by atoms with Crippen molar-refractivity contribution in [2.75, 3.05) is 6.61 Å². The summed E-state index contributed by atoms with van der Waals surface area (Å²) in [5, 5.41) is 18.5. The Morgan fingerprint density at radius 2 is 1.82 bits per heavy atom. The number of halogens is 1. The number of carbonyl (C=O) groups excluding carboxylic acids is 1. The van der Waals surface area contributed by atoms with Gasteiger partial charge in [0.05, 0.1) is 6.61 Å². The highest BCUT2D eigenvalue weighted by Gasteiger charge is 2.01. The third-order valence-electron chi connectivity index (χ3n) is 2.96. The number of phenolic OH excluding ortho intramolecular Hbond substituents is 2. The van der Waals surface area contributed by atoms with Gasteiger partial charge in [-0.1, -0.05) is 18.2 Å². The van der Waals surface area contributed by atoms with Crippen LogP contribution in [-0.2, 0) is 16.0 Å². The monoisotopic (exact) mass is 302 g/mol. The van der Waals surface area contributed by atoms with Crippen LogP contribution in [0.15, 0.2) is 48.5 Å². The normalized spacial score (nSPS) is 10.8. The second-order valence-corrected chi connectivity index (χ2v) is 4.63. The van der Waals surface area contributed by atoms with Crippen LogP contribution in [0.25, 0.3) is 6.08 Å². The summed E-state index contributed by atoms with van der Waals surface area (Å²) in [4.78, 5) is 11.5. The fourth-order valence-corrected chi connectivity index (χ4v) is 1.78. The average molecular weight is 302 g/mol. The van der Waals surface area contributed by atoms with Crippen LogP contribution >= 0.6 is 0 Å². The molecule has 0 fully saturated rings. The van der Waals surface area contributed by atoms with E-state index in [-0.39, 0.29) is 23.9 Å². The van der Waals surface area contributed by atoms with Crippen molar-refractivity contribution in [1.29, 1.82) is 0 Å². The van der Waals surface area contributed by atoms with Crippen molar-refractivity contribution >= 4 is 12.0 Å². The van der Waals surface area contributed by atoms with Crippen molar-refractivity contribution in [1.82, 2.24) is 0 Å². The lowest BCUT2D eigenvalue weighted by Crippen LogP contribution is -2.04. The van der Waals surface area contributed by atoms with E-state index in [1.54, 1.807) is 18.2 Å². The van der Waals surface area contributed by atoms with Gasteiger partial charge in [0.2, 0.25) is 0 Å². The Bertz CT molecular complexity index is 678.